The Labute approximate surface area is 113 Å². The largest absolute Gasteiger partial charge is 0.399 e. The van der Waals surface area contributed by atoms with E-state index in [1.807, 2.05) is 41.9 Å². The van der Waals surface area contributed by atoms with Crippen LogP contribution in [-0.2, 0) is 0 Å². The van der Waals surface area contributed by atoms with Crippen molar-refractivity contribution in [3.8, 4) is 22.0 Å². The molecule has 0 saturated heterocycles. The fourth-order valence-electron chi connectivity index (χ4n) is 1.68. The van der Waals surface area contributed by atoms with Crippen molar-refractivity contribution in [1.82, 2.24) is 9.97 Å². The first-order valence-corrected chi connectivity index (χ1v) is 7.22. The molecule has 0 amide bonds. The van der Waals surface area contributed by atoms with Crippen LogP contribution in [0.1, 0.15) is 5.01 Å². The van der Waals surface area contributed by atoms with Gasteiger partial charge in [0, 0.05) is 22.0 Å². The van der Waals surface area contributed by atoms with Crippen LogP contribution < -0.4 is 5.73 Å². The van der Waals surface area contributed by atoms with Gasteiger partial charge in [-0.25, -0.2) is 9.97 Å². The fourth-order valence-corrected chi connectivity index (χ4v) is 3.09. The van der Waals surface area contributed by atoms with Gasteiger partial charge in [0.15, 0.2) is 0 Å². The van der Waals surface area contributed by atoms with Crippen LogP contribution in [0.2, 0.25) is 0 Å². The van der Waals surface area contributed by atoms with E-state index in [4.69, 9.17) is 5.73 Å². The highest BCUT2D eigenvalue weighted by molar-refractivity contribution is 7.13. The Kier molecular flexibility index (Phi) is 2.85. The number of aryl methyl sites for hydroxylation is 1. The Bertz CT molecular complexity index is 685. The quantitative estimate of drug-likeness (QED) is 0.722. The summed E-state index contributed by atoms with van der Waals surface area (Å²) in [5, 5.41) is 6.10. The minimum absolute atomic E-state index is 0.758. The van der Waals surface area contributed by atoms with Gasteiger partial charge in [0.05, 0.1) is 5.01 Å². The first kappa shape index (κ1) is 11.4. The second kappa shape index (κ2) is 4.51. The van der Waals surface area contributed by atoms with Crippen LogP contribution >= 0.6 is 22.7 Å². The number of hydrogen-bond acceptors (Lipinski definition) is 5. The number of benzene rings is 1. The van der Waals surface area contributed by atoms with Crippen molar-refractivity contribution in [2.75, 3.05) is 5.73 Å². The number of hydrogen-bond donors (Lipinski definition) is 1. The standard InChI is InChI=1S/C13H11N3S2/c1-8-15-11(6-17-8)12-7-18-13(16-12)9-3-2-4-10(14)5-9/h2-7H,14H2,1H3. The zero-order chi connectivity index (χ0) is 12.5. The molecule has 0 radical (unpaired) electrons. The highest BCUT2D eigenvalue weighted by Crippen LogP contribution is 2.30. The summed E-state index contributed by atoms with van der Waals surface area (Å²) in [6.07, 6.45) is 0. The second-order valence-electron chi connectivity index (χ2n) is 3.92. The van der Waals surface area contributed by atoms with Crippen molar-refractivity contribution in [2.45, 2.75) is 6.92 Å². The molecule has 1 aromatic carbocycles. The van der Waals surface area contributed by atoms with E-state index in [0.717, 1.165) is 32.7 Å². The molecule has 0 aliphatic carbocycles. The van der Waals surface area contributed by atoms with Gasteiger partial charge in [0.25, 0.3) is 0 Å². The number of aromatic nitrogens is 2. The third-order valence-corrected chi connectivity index (χ3v) is 4.18. The zero-order valence-corrected chi connectivity index (χ0v) is 11.4. The Balaban J connectivity index is 1.99. The minimum atomic E-state index is 0.758. The predicted octanol–water partition coefficient (Wildman–Crippen LogP) is 3.82. The first-order valence-electron chi connectivity index (χ1n) is 5.46. The smallest absolute Gasteiger partial charge is 0.124 e. The Hall–Kier alpha value is -1.72. The van der Waals surface area contributed by atoms with Gasteiger partial charge in [-0.15, -0.1) is 22.7 Å². The third kappa shape index (κ3) is 2.14. The Morgan fingerprint density at radius 3 is 2.56 bits per heavy atom. The van der Waals surface area contributed by atoms with Crippen LogP contribution in [0, 0.1) is 6.92 Å². The highest BCUT2D eigenvalue weighted by Gasteiger charge is 2.09. The lowest BCUT2D eigenvalue weighted by molar-refractivity contribution is 1.27. The lowest BCUT2D eigenvalue weighted by atomic mass is 10.2. The number of anilines is 1. The van der Waals surface area contributed by atoms with Gasteiger partial charge in [-0.3, -0.25) is 0 Å². The molecule has 0 atom stereocenters. The van der Waals surface area contributed by atoms with E-state index in [1.165, 1.54) is 0 Å². The zero-order valence-electron chi connectivity index (χ0n) is 9.75. The number of rotatable bonds is 2. The van der Waals surface area contributed by atoms with E-state index in [1.54, 1.807) is 22.7 Å². The molecule has 3 rings (SSSR count). The molecule has 0 aliphatic heterocycles. The van der Waals surface area contributed by atoms with E-state index in [0.29, 0.717) is 0 Å². The predicted molar refractivity (Wildman–Crippen MR) is 77.8 cm³/mol. The SMILES string of the molecule is Cc1nc(-c2csc(-c3cccc(N)c3)n2)cs1. The van der Waals surface area contributed by atoms with Crippen LogP contribution in [0.5, 0.6) is 0 Å². The van der Waals surface area contributed by atoms with Gasteiger partial charge in [-0.1, -0.05) is 12.1 Å². The molecule has 2 N–H and O–H groups in total. The second-order valence-corrected chi connectivity index (χ2v) is 5.84. The summed E-state index contributed by atoms with van der Waals surface area (Å²) in [6.45, 7) is 2.00. The summed E-state index contributed by atoms with van der Waals surface area (Å²) in [7, 11) is 0. The van der Waals surface area contributed by atoms with Crippen molar-refractivity contribution < 1.29 is 0 Å². The molecule has 0 fully saturated rings. The summed E-state index contributed by atoms with van der Waals surface area (Å²) in [5.41, 5.74) is 9.48. The number of nitrogens with zero attached hydrogens (tertiary/aromatic N) is 2. The van der Waals surface area contributed by atoms with E-state index in [-0.39, 0.29) is 0 Å². The monoisotopic (exact) mass is 273 g/mol. The third-order valence-electron chi connectivity index (χ3n) is 2.52. The van der Waals surface area contributed by atoms with E-state index < -0.39 is 0 Å². The maximum atomic E-state index is 5.78. The van der Waals surface area contributed by atoms with E-state index >= 15 is 0 Å². The molecule has 18 heavy (non-hydrogen) atoms. The van der Waals surface area contributed by atoms with Gasteiger partial charge >= 0.3 is 0 Å². The number of nitrogens with two attached hydrogens (primary N) is 1. The topological polar surface area (TPSA) is 51.8 Å². The molecule has 3 nitrogen and oxygen atoms in total. The fraction of sp³-hybridized carbons (Fsp3) is 0.0769. The van der Waals surface area contributed by atoms with Gasteiger partial charge in [0.1, 0.15) is 16.4 Å². The lowest BCUT2D eigenvalue weighted by Gasteiger charge is -1.97. The average Bonchev–Trinajstić information content (AvgIpc) is 2.97. The lowest BCUT2D eigenvalue weighted by Crippen LogP contribution is -1.85. The minimum Gasteiger partial charge on any atom is -0.399 e. The first-order chi connectivity index (χ1) is 8.72. The number of nitrogen functional groups attached to an aromatic ring is 1. The summed E-state index contributed by atoms with van der Waals surface area (Å²) < 4.78 is 0. The van der Waals surface area contributed by atoms with Crippen molar-refractivity contribution in [2.24, 2.45) is 0 Å². The van der Waals surface area contributed by atoms with E-state index in [9.17, 15) is 0 Å². The van der Waals surface area contributed by atoms with Crippen molar-refractivity contribution >= 4 is 28.4 Å². The van der Waals surface area contributed by atoms with Crippen LogP contribution in [0.15, 0.2) is 35.0 Å². The molecule has 3 aromatic rings. The van der Waals surface area contributed by atoms with Crippen LogP contribution in [-0.4, -0.2) is 9.97 Å². The molecule has 0 saturated carbocycles. The summed E-state index contributed by atoms with van der Waals surface area (Å²) in [6, 6.07) is 7.78. The molecular weight excluding hydrogens is 262 g/mol. The molecule has 0 aliphatic rings. The van der Waals surface area contributed by atoms with Crippen LogP contribution in [0.25, 0.3) is 22.0 Å². The highest BCUT2D eigenvalue weighted by atomic mass is 32.1. The molecule has 0 unspecified atom stereocenters. The van der Waals surface area contributed by atoms with Gasteiger partial charge < -0.3 is 5.73 Å². The molecule has 2 aromatic heterocycles. The molecule has 2 heterocycles. The van der Waals surface area contributed by atoms with Crippen LogP contribution in [0.3, 0.4) is 0 Å². The Morgan fingerprint density at radius 1 is 1.06 bits per heavy atom. The van der Waals surface area contributed by atoms with Crippen molar-refractivity contribution in [1.29, 1.82) is 0 Å². The normalized spacial score (nSPS) is 10.7. The molecular formula is C13H11N3S2. The van der Waals surface area contributed by atoms with Crippen LogP contribution in [0.4, 0.5) is 5.69 Å². The molecule has 5 heteroatoms. The average molecular weight is 273 g/mol. The van der Waals surface area contributed by atoms with E-state index in [2.05, 4.69) is 9.97 Å². The van der Waals surface area contributed by atoms with Crippen molar-refractivity contribution in [3.05, 3.63) is 40.0 Å². The molecule has 0 bridgehead atoms. The summed E-state index contributed by atoms with van der Waals surface area (Å²) in [5.74, 6) is 0. The van der Waals surface area contributed by atoms with Crippen molar-refractivity contribution in [3.63, 3.8) is 0 Å². The van der Waals surface area contributed by atoms with Gasteiger partial charge in [-0.05, 0) is 19.1 Å². The maximum absolute atomic E-state index is 5.78. The molecule has 90 valence electrons. The summed E-state index contributed by atoms with van der Waals surface area (Å²) >= 11 is 3.25. The molecule has 0 spiro atoms. The summed E-state index contributed by atoms with van der Waals surface area (Å²) in [4.78, 5) is 9.06. The van der Waals surface area contributed by atoms with Gasteiger partial charge in [-0.2, -0.15) is 0 Å². The number of thiazole rings is 2. The van der Waals surface area contributed by atoms with Gasteiger partial charge in [0.2, 0.25) is 0 Å². The maximum Gasteiger partial charge on any atom is 0.124 e. The Morgan fingerprint density at radius 2 is 1.83 bits per heavy atom.